The molecule has 0 fully saturated rings. The first-order chi connectivity index (χ1) is 9.38. The molecule has 1 aromatic heterocycles. The van der Waals surface area contributed by atoms with Crippen LogP contribution in [-0.4, -0.2) is 16.6 Å². The molecule has 0 aromatic carbocycles. The molecule has 0 amide bonds. The summed E-state index contributed by atoms with van der Waals surface area (Å²) < 4.78 is 28.0. The normalized spacial score (nSPS) is 21.8. The third-order valence-electron chi connectivity index (χ3n) is 3.03. The van der Waals surface area contributed by atoms with Crippen LogP contribution in [0.25, 0.3) is 0 Å². The number of alkyl halides is 2. The van der Waals surface area contributed by atoms with E-state index < -0.39 is 23.7 Å². The van der Waals surface area contributed by atoms with Crippen molar-refractivity contribution in [2.75, 3.05) is 0 Å². The zero-order chi connectivity index (χ0) is 14.8. The quantitative estimate of drug-likeness (QED) is 0.634. The number of halogens is 2. The van der Waals surface area contributed by atoms with Crippen molar-refractivity contribution in [2.24, 2.45) is 11.8 Å². The summed E-state index contributed by atoms with van der Waals surface area (Å²) >= 11 is 4.99. The zero-order valence-electron chi connectivity index (χ0n) is 10.8. The van der Waals surface area contributed by atoms with Crippen molar-refractivity contribution in [1.29, 1.82) is 0 Å². The lowest BCUT2D eigenvalue weighted by Gasteiger charge is -2.24. The molecule has 1 heterocycles. The first kappa shape index (κ1) is 14.6. The molecule has 2 rings (SSSR count). The third kappa shape index (κ3) is 3.40. The second kappa shape index (κ2) is 5.69. The number of rotatable bonds is 3. The van der Waals surface area contributed by atoms with E-state index in [1.165, 1.54) is 18.3 Å². The fourth-order valence-corrected chi connectivity index (χ4v) is 2.04. The zero-order valence-corrected chi connectivity index (χ0v) is 11.6. The van der Waals surface area contributed by atoms with E-state index in [4.69, 9.17) is 17.1 Å². The van der Waals surface area contributed by atoms with Gasteiger partial charge in [0, 0.05) is 12.1 Å². The lowest BCUT2D eigenvalue weighted by molar-refractivity contribution is -0.148. The Morgan fingerprint density at radius 2 is 2.25 bits per heavy atom. The highest BCUT2D eigenvalue weighted by Crippen LogP contribution is 2.32. The Morgan fingerprint density at radius 3 is 2.90 bits per heavy atom. The number of pyridine rings is 1. The van der Waals surface area contributed by atoms with Gasteiger partial charge in [0.2, 0.25) is 0 Å². The van der Waals surface area contributed by atoms with Crippen molar-refractivity contribution < 1.29 is 18.4 Å². The molecule has 0 aliphatic heterocycles. The number of hydrogen-bond acceptors (Lipinski definition) is 3. The van der Waals surface area contributed by atoms with Crippen LogP contribution in [0.5, 0.6) is 0 Å². The van der Waals surface area contributed by atoms with Crippen LogP contribution >= 0.6 is 12.2 Å². The Labute approximate surface area is 120 Å². The number of carbonyl (C=O) groups is 1. The summed E-state index contributed by atoms with van der Waals surface area (Å²) in [5.74, 6) is -5.28. The predicted molar refractivity (Wildman–Crippen MR) is 71.7 cm³/mol. The lowest BCUT2D eigenvalue weighted by atomic mass is 9.87. The molecule has 0 N–H and O–H groups in total. The van der Waals surface area contributed by atoms with Gasteiger partial charge in [-0.1, -0.05) is 18.3 Å². The molecule has 1 aromatic rings. The highest BCUT2D eigenvalue weighted by molar-refractivity contribution is 7.71. The summed E-state index contributed by atoms with van der Waals surface area (Å²) in [6.07, 6.45) is 4.22. The van der Waals surface area contributed by atoms with Crippen molar-refractivity contribution >= 4 is 18.2 Å². The van der Waals surface area contributed by atoms with E-state index in [0.717, 1.165) is 11.7 Å². The number of carbonyl (C=O) groups excluding carboxylic acids is 1. The molecular formula is C14H13F2NO2S. The second-order valence-electron chi connectivity index (χ2n) is 4.68. The Morgan fingerprint density at radius 1 is 1.50 bits per heavy atom. The minimum atomic E-state index is -2.89. The summed E-state index contributed by atoms with van der Waals surface area (Å²) in [4.78, 5) is 17.1. The van der Waals surface area contributed by atoms with E-state index >= 15 is 0 Å². The second-order valence-corrected chi connectivity index (χ2v) is 5.10. The first-order valence-electron chi connectivity index (χ1n) is 6.08. The fourth-order valence-electron chi connectivity index (χ4n) is 1.87. The minimum Gasteiger partial charge on any atom is -0.335 e. The molecule has 106 valence electrons. The van der Waals surface area contributed by atoms with E-state index in [2.05, 4.69) is 5.73 Å². The minimum absolute atomic E-state index is 0.00448. The molecule has 3 nitrogen and oxygen atoms in total. The molecule has 2 atom stereocenters. The van der Waals surface area contributed by atoms with Crippen LogP contribution in [0.3, 0.4) is 0 Å². The Bertz CT molecular complexity index is 627. The van der Waals surface area contributed by atoms with Crippen LogP contribution < -0.4 is 4.84 Å². The van der Waals surface area contributed by atoms with Gasteiger partial charge < -0.3 is 4.84 Å². The van der Waals surface area contributed by atoms with Crippen LogP contribution in [0.15, 0.2) is 42.3 Å². The van der Waals surface area contributed by atoms with Gasteiger partial charge in [0.15, 0.2) is 0 Å². The monoisotopic (exact) mass is 297 g/mol. The standard InChI is InChI=1S/C14H13F2NO2S/c1-14(15,16)11-6-4-5-10(9-11)13(18)19-17-8-3-2-7-12(17)20/h2-3,5-8,10-11H,9H2,1H3/t10?,11-/m1/s1. The molecule has 0 spiro atoms. The van der Waals surface area contributed by atoms with E-state index in [1.807, 2.05) is 0 Å². The molecule has 20 heavy (non-hydrogen) atoms. The van der Waals surface area contributed by atoms with Crippen LogP contribution in [0.4, 0.5) is 8.78 Å². The highest BCUT2D eigenvalue weighted by Gasteiger charge is 2.37. The van der Waals surface area contributed by atoms with E-state index in [0.29, 0.717) is 4.64 Å². The summed E-state index contributed by atoms with van der Waals surface area (Å²) in [5.41, 5.74) is 2.61. The van der Waals surface area contributed by atoms with Crippen molar-refractivity contribution in [3.8, 4) is 0 Å². The smallest absolute Gasteiger partial charge is 0.335 e. The molecule has 1 unspecified atom stereocenters. The van der Waals surface area contributed by atoms with Crippen LogP contribution in [0.1, 0.15) is 13.3 Å². The lowest BCUT2D eigenvalue weighted by Crippen LogP contribution is -2.32. The first-order valence-corrected chi connectivity index (χ1v) is 6.49. The molecular weight excluding hydrogens is 284 g/mol. The fraction of sp³-hybridized carbons (Fsp3) is 0.357. The summed E-state index contributed by atoms with van der Waals surface area (Å²) in [7, 11) is 0. The largest absolute Gasteiger partial charge is 0.340 e. The topological polar surface area (TPSA) is 31.2 Å². The highest BCUT2D eigenvalue weighted by atomic mass is 32.1. The van der Waals surface area contributed by atoms with Crippen molar-refractivity contribution in [3.63, 3.8) is 0 Å². The van der Waals surface area contributed by atoms with Gasteiger partial charge in [-0.05, 0) is 37.6 Å². The Balaban J connectivity index is 2.10. The molecule has 0 saturated carbocycles. The van der Waals surface area contributed by atoms with E-state index in [1.54, 1.807) is 18.2 Å². The maximum absolute atomic E-state index is 13.3. The van der Waals surface area contributed by atoms with Crippen LogP contribution in [-0.2, 0) is 4.79 Å². The molecule has 0 saturated heterocycles. The van der Waals surface area contributed by atoms with Crippen LogP contribution in [0, 0.1) is 16.5 Å². The maximum atomic E-state index is 13.3. The van der Waals surface area contributed by atoms with E-state index in [9.17, 15) is 13.6 Å². The summed E-state index contributed by atoms with van der Waals surface area (Å²) in [5, 5.41) is 0. The molecule has 1 aliphatic rings. The van der Waals surface area contributed by atoms with Gasteiger partial charge in [-0.15, -0.1) is 5.73 Å². The summed E-state index contributed by atoms with van der Waals surface area (Å²) in [6.45, 7) is 0.830. The number of aromatic nitrogens is 1. The number of nitrogens with zero attached hydrogens (tertiary/aromatic N) is 1. The van der Waals surface area contributed by atoms with E-state index in [-0.39, 0.29) is 6.42 Å². The Kier molecular flexibility index (Phi) is 4.16. The average molecular weight is 297 g/mol. The van der Waals surface area contributed by atoms with Gasteiger partial charge in [-0.2, -0.15) is 4.73 Å². The van der Waals surface area contributed by atoms with Gasteiger partial charge in [0.25, 0.3) is 5.92 Å². The molecule has 0 radical (unpaired) electrons. The van der Waals surface area contributed by atoms with Gasteiger partial charge >= 0.3 is 5.97 Å². The maximum Gasteiger partial charge on any atom is 0.340 e. The van der Waals surface area contributed by atoms with Crippen molar-refractivity contribution in [1.82, 2.24) is 4.73 Å². The Hall–Kier alpha value is -1.78. The van der Waals surface area contributed by atoms with Crippen LogP contribution in [0.2, 0.25) is 0 Å². The van der Waals surface area contributed by atoms with Crippen molar-refractivity contribution in [2.45, 2.75) is 19.3 Å². The predicted octanol–water partition coefficient (Wildman–Crippen LogP) is 3.18. The van der Waals surface area contributed by atoms with Gasteiger partial charge in [-0.25, -0.2) is 13.6 Å². The number of hydrogen-bond donors (Lipinski definition) is 0. The van der Waals surface area contributed by atoms with Gasteiger partial charge in [0.1, 0.15) is 4.64 Å². The molecule has 6 heteroatoms. The van der Waals surface area contributed by atoms with Gasteiger partial charge in [-0.3, -0.25) is 0 Å². The average Bonchev–Trinajstić information content (AvgIpc) is 2.40. The summed E-state index contributed by atoms with van der Waals surface area (Å²) in [6, 6.07) is 4.97. The molecule has 0 bridgehead atoms. The SMILES string of the molecule is CC(F)(F)[C@@H]1C=C=CC(C(=O)On2ccccc2=S)C1. The van der Waals surface area contributed by atoms with Gasteiger partial charge in [0.05, 0.1) is 5.92 Å². The third-order valence-corrected chi connectivity index (χ3v) is 3.35. The van der Waals surface area contributed by atoms with Crippen molar-refractivity contribution in [3.05, 3.63) is 46.9 Å². The molecule has 1 aliphatic carbocycles.